The number of nitrogens with zero attached hydrogens (tertiary/aromatic N) is 2. The first-order valence-electron chi connectivity index (χ1n) is 12.5. The molecular weight excluding hydrogens is 438 g/mol. The molecule has 1 aromatic rings. The number of hydrogen-bond donors (Lipinski definition) is 2. The number of aliphatic hydroxyl groups is 1. The van der Waals surface area contributed by atoms with E-state index in [-0.39, 0.29) is 17.2 Å². The van der Waals surface area contributed by atoms with Gasteiger partial charge in [0.25, 0.3) is 0 Å². The molecule has 1 amide bonds. The normalized spacial score (nSPS) is 32.1. The zero-order valence-electron chi connectivity index (χ0n) is 20.5. The van der Waals surface area contributed by atoms with Crippen LogP contribution in [0.2, 0.25) is 0 Å². The highest BCUT2D eigenvalue weighted by atomic mass is 16.5. The first-order valence-corrected chi connectivity index (χ1v) is 12.5. The van der Waals surface area contributed by atoms with Crippen LogP contribution in [0.5, 0.6) is 0 Å². The second kappa shape index (κ2) is 9.13. The van der Waals surface area contributed by atoms with Crippen LogP contribution in [0.15, 0.2) is 57.7 Å². The predicted molar refractivity (Wildman–Crippen MR) is 136 cm³/mol. The van der Waals surface area contributed by atoms with E-state index < -0.39 is 6.10 Å². The number of fused-ring (bicyclic) bond motifs is 1. The van der Waals surface area contributed by atoms with Crippen molar-refractivity contribution in [2.24, 2.45) is 39.8 Å². The highest BCUT2D eigenvalue weighted by Gasteiger charge is 2.65. The van der Waals surface area contributed by atoms with Gasteiger partial charge < -0.3 is 15.4 Å². The highest BCUT2D eigenvalue weighted by molar-refractivity contribution is 6.04. The number of allylic oxidation sites excluding steroid dienone is 5. The topological polar surface area (TPSA) is 102 Å². The molecule has 3 N–H and O–H groups in total. The second-order valence-corrected chi connectivity index (χ2v) is 10.8. The molecule has 2 heterocycles. The molecule has 2 unspecified atom stereocenters. The molecular formula is C29H33N3O3. The zero-order valence-corrected chi connectivity index (χ0v) is 20.5. The number of aromatic nitrogens is 1. The first-order chi connectivity index (χ1) is 16.7. The van der Waals surface area contributed by atoms with Crippen molar-refractivity contribution in [3.63, 3.8) is 0 Å². The van der Waals surface area contributed by atoms with E-state index in [9.17, 15) is 9.90 Å². The Kier molecular flexibility index (Phi) is 6.14. The van der Waals surface area contributed by atoms with E-state index in [1.165, 1.54) is 0 Å². The van der Waals surface area contributed by atoms with Crippen molar-refractivity contribution in [1.29, 1.82) is 0 Å². The SMILES string of the molecule is C=C1C([C@H](C)O)=NC=CC1Cc1cc(C2=CC=C(C#C[C@H]3[C@@H]4CC(CC(N)=O)C[C@]34C)CC2)on1. The highest BCUT2D eigenvalue weighted by Crippen LogP contribution is 2.69. The summed E-state index contributed by atoms with van der Waals surface area (Å²) in [5, 5.41) is 14.2. The minimum Gasteiger partial charge on any atom is -0.387 e. The molecule has 2 fully saturated rings. The van der Waals surface area contributed by atoms with Crippen LogP contribution >= 0.6 is 0 Å². The van der Waals surface area contributed by atoms with Crippen molar-refractivity contribution < 1.29 is 14.4 Å². The van der Waals surface area contributed by atoms with Crippen molar-refractivity contribution in [1.82, 2.24) is 5.16 Å². The standard InChI is InChI=1S/C29H33N3O3/c1-17-22(10-11-31-28(17)18(2)33)14-23-15-26(35-32-23)21-7-4-19(5-8-21)6-9-24-25-12-20(13-27(30)34)16-29(24,25)3/h4,7,10-11,15,18,20,22,24-25,33H,1,5,8,12-14,16H2,2-3H3,(H2,30,34)/t18-,20?,22?,24-,25-,29+/m0/s1. The monoisotopic (exact) mass is 471 g/mol. The van der Waals surface area contributed by atoms with Crippen molar-refractivity contribution in [3.05, 3.63) is 59.7 Å². The number of rotatable bonds is 6. The van der Waals surface area contributed by atoms with E-state index >= 15 is 0 Å². The quantitative estimate of drug-likeness (QED) is 0.601. The molecule has 0 aromatic carbocycles. The van der Waals surface area contributed by atoms with Gasteiger partial charge >= 0.3 is 0 Å². The fourth-order valence-corrected chi connectivity index (χ4v) is 6.20. The number of hydrogen-bond acceptors (Lipinski definition) is 5. The van der Waals surface area contributed by atoms with Gasteiger partial charge in [-0.2, -0.15) is 0 Å². The summed E-state index contributed by atoms with van der Waals surface area (Å²) in [7, 11) is 0. The Morgan fingerprint density at radius 2 is 2.23 bits per heavy atom. The number of carbonyl (C=O) groups is 1. The van der Waals surface area contributed by atoms with Gasteiger partial charge in [0.15, 0.2) is 5.76 Å². The van der Waals surface area contributed by atoms with Gasteiger partial charge in [0.1, 0.15) is 0 Å². The van der Waals surface area contributed by atoms with Gasteiger partial charge in [0, 0.05) is 42.5 Å². The first kappa shape index (κ1) is 23.6. The molecule has 5 rings (SSSR count). The van der Waals surface area contributed by atoms with Crippen molar-refractivity contribution in [3.8, 4) is 11.8 Å². The van der Waals surface area contributed by atoms with E-state index in [0.717, 1.165) is 53.9 Å². The van der Waals surface area contributed by atoms with Crippen LogP contribution in [0, 0.1) is 40.9 Å². The minimum absolute atomic E-state index is 0.0482. The fourth-order valence-electron chi connectivity index (χ4n) is 6.20. The van der Waals surface area contributed by atoms with Gasteiger partial charge in [-0.05, 0) is 61.0 Å². The van der Waals surface area contributed by atoms with E-state index in [1.54, 1.807) is 13.1 Å². The minimum atomic E-state index is -0.638. The molecule has 1 aromatic heterocycles. The van der Waals surface area contributed by atoms with Crippen LogP contribution in [-0.4, -0.2) is 28.0 Å². The van der Waals surface area contributed by atoms with Gasteiger partial charge in [-0.15, -0.1) is 0 Å². The lowest BCUT2D eigenvalue weighted by Gasteiger charge is -2.21. The van der Waals surface area contributed by atoms with Crippen LogP contribution in [0.3, 0.4) is 0 Å². The molecule has 4 aliphatic rings. The third kappa shape index (κ3) is 4.70. The lowest BCUT2D eigenvalue weighted by atomic mass is 9.88. The average Bonchev–Trinajstić information content (AvgIpc) is 3.13. The summed E-state index contributed by atoms with van der Waals surface area (Å²) in [6.45, 7) is 8.13. The second-order valence-electron chi connectivity index (χ2n) is 10.8. The Bertz CT molecular complexity index is 1240. The Hall–Kier alpha value is -3.17. The summed E-state index contributed by atoms with van der Waals surface area (Å²) in [6, 6.07) is 2.00. The molecule has 0 spiro atoms. The molecule has 6 nitrogen and oxygen atoms in total. The van der Waals surface area contributed by atoms with Crippen LogP contribution in [0.4, 0.5) is 0 Å². The lowest BCUT2D eigenvalue weighted by molar-refractivity contribution is -0.118. The van der Waals surface area contributed by atoms with Crippen molar-refractivity contribution in [2.45, 2.75) is 58.5 Å². The van der Waals surface area contributed by atoms with Crippen molar-refractivity contribution in [2.75, 3.05) is 0 Å². The smallest absolute Gasteiger partial charge is 0.217 e. The summed E-state index contributed by atoms with van der Waals surface area (Å²) >= 11 is 0. The van der Waals surface area contributed by atoms with Crippen molar-refractivity contribution >= 4 is 17.2 Å². The molecule has 0 bridgehead atoms. The van der Waals surface area contributed by atoms with Gasteiger partial charge in [0.05, 0.1) is 17.5 Å². The van der Waals surface area contributed by atoms with E-state index in [1.807, 2.05) is 12.1 Å². The molecule has 1 aliphatic heterocycles. The Balaban J connectivity index is 1.18. The van der Waals surface area contributed by atoms with Crippen LogP contribution in [0.25, 0.3) is 5.57 Å². The van der Waals surface area contributed by atoms with E-state index in [2.05, 4.69) is 47.6 Å². The number of primary amides is 1. The number of aliphatic hydroxyl groups excluding tert-OH is 1. The summed E-state index contributed by atoms with van der Waals surface area (Å²) < 4.78 is 5.65. The van der Waals surface area contributed by atoms with Crippen LogP contribution in [0.1, 0.15) is 57.4 Å². The van der Waals surface area contributed by atoms with Gasteiger partial charge in [0.2, 0.25) is 5.91 Å². The maximum absolute atomic E-state index is 11.2. The molecule has 6 heteroatoms. The average molecular weight is 472 g/mol. The maximum Gasteiger partial charge on any atom is 0.217 e. The summed E-state index contributed by atoms with van der Waals surface area (Å²) in [5.74, 6) is 9.09. The number of nitrogens with two attached hydrogens (primary N) is 1. The molecule has 0 radical (unpaired) electrons. The third-order valence-corrected chi connectivity index (χ3v) is 8.20. The Morgan fingerprint density at radius 3 is 2.89 bits per heavy atom. The fraction of sp³-hybridized carbons (Fsp3) is 0.483. The predicted octanol–water partition coefficient (Wildman–Crippen LogP) is 4.38. The summed E-state index contributed by atoms with van der Waals surface area (Å²) in [4.78, 5) is 15.5. The lowest BCUT2D eigenvalue weighted by Crippen LogP contribution is -2.25. The van der Waals surface area contributed by atoms with Crippen LogP contribution in [-0.2, 0) is 11.2 Å². The maximum atomic E-state index is 11.2. The molecule has 182 valence electrons. The van der Waals surface area contributed by atoms with Crippen LogP contribution < -0.4 is 5.73 Å². The molecule has 6 atom stereocenters. The molecule has 3 aliphatic carbocycles. The zero-order chi connectivity index (χ0) is 24.7. The number of amides is 1. The summed E-state index contributed by atoms with van der Waals surface area (Å²) in [6.07, 6.45) is 12.3. The van der Waals surface area contributed by atoms with Gasteiger partial charge in [-0.25, -0.2) is 0 Å². The largest absolute Gasteiger partial charge is 0.387 e. The van der Waals surface area contributed by atoms with Gasteiger partial charge in [-0.3, -0.25) is 9.79 Å². The molecule has 2 saturated carbocycles. The van der Waals surface area contributed by atoms with E-state index in [4.69, 9.17) is 10.3 Å². The third-order valence-electron chi connectivity index (χ3n) is 8.20. The number of carbonyl (C=O) groups excluding carboxylic acids is 1. The summed E-state index contributed by atoms with van der Waals surface area (Å²) in [5.41, 5.74) is 10.2. The molecule has 35 heavy (non-hydrogen) atoms. The Labute approximate surface area is 206 Å². The van der Waals surface area contributed by atoms with E-state index in [0.29, 0.717) is 36.3 Å². The van der Waals surface area contributed by atoms with Gasteiger partial charge in [-0.1, -0.05) is 48.7 Å². The Morgan fingerprint density at radius 1 is 1.40 bits per heavy atom. The molecule has 0 saturated heterocycles. The number of aliphatic imine (C=N–C) groups is 1.